The molecule has 1 aromatic carbocycles. The zero-order valence-electron chi connectivity index (χ0n) is 22.1. The standard InChI is InChI=1S/C29H37NO8/c1-27-13-4-3-5-20(27)10-11-21-22-12-14-29(34,28(22,2)15-23(31)25(21)27)24(32)17-37-26(33)19-8-6-18(7-9-19)16-38-30(35)36/h5-9,21-23,25,31,34H,3-4,10-17H2,1-2H3/t21?,22-,23-,25+,27-,28-,29-/m0/s1. The van der Waals surface area contributed by atoms with Crippen molar-refractivity contribution in [3.8, 4) is 0 Å². The summed E-state index contributed by atoms with van der Waals surface area (Å²) in [5, 5.41) is 32.8. The molecule has 7 atom stereocenters. The van der Waals surface area contributed by atoms with E-state index in [0.717, 1.165) is 32.1 Å². The molecule has 0 spiro atoms. The van der Waals surface area contributed by atoms with Crippen molar-refractivity contribution < 1.29 is 34.5 Å². The van der Waals surface area contributed by atoms with Gasteiger partial charge in [-0.2, -0.15) is 0 Å². The Morgan fingerprint density at radius 1 is 1.16 bits per heavy atom. The topological polar surface area (TPSA) is 136 Å². The second-order valence-electron chi connectivity index (χ2n) is 12.2. The van der Waals surface area contributed by atoms with Gasteiger partial charge in [-0.1, -0.05) is 37.6 Å². The van der Waals surface area contributed by atoms with Crippen LogP contribution >= 0.6 is 0 Å². The number of hydrogen-bond donors (Lipinski definition) is 2. The van der Waals surface area contributed by atoms with Gasteiger partial charge in [0.05, 0.1) is 11.7 Å². The normalized spacial score (nSPS) is 37.7. The number of rotatable bonds is 7. The Balaban J connectivity index is 1.27. The van der Waals surface area contributed by atoms with Gasteiger partial charge in [0.1, 0.15) is 12.2 Å². The van der Waals surface area contributed by atoms with Gasteiger partial charge in [-0.3, -0.25) is 4.79 Å². The van der Waals surface area contributed by atoms with Crippen molar-refractivity contribution in [3.05, 3.63) is 57.2 Å². The Hall–Kier alpha value is -2.78. The van der Waals surface area contributed by atoms with Crippen LogP contribution in [0, 0.1) is 38.7 Å². The van der Waals surface area contributed by atoms with Crippen LogP contribution in [0.4, 0.5) is 0 Å². The first-order valence-electron chi connectivity index (χ1n) is 13.7. The number of esters is 1. The van der Waals surface area contributed by atoms with E-state index in [9.17, 15) is 29.9 Å². The Labute approximate surface area is 222 Å². The molecule has 0 amide bonds. The zero-order chi connectivity index (χ0) is 27.3. The first-order valence-corrected chi connectivity index (χ1v) is 13.7. The summed E-state index contributed by atoms with van der Waals surface area (Å²) in [6.45, 7) is 3.44. The second-order valence-corrected chi connectivity index (χ2v) is 12.2. The maximum atomic E-state index is 13.4. The molecular weight excluding hydrogens is 490 g/mol. The second kappa shape index (κ2) is 9.75. The molecule has 9 heteroatoms. The smallest absolute Gasteiger partial charge is 0.338 e. The van der Waals surface area contributed by atoms with Gasteiger partial charge >= 0.3 is 5.97 Å². The molecule has 3 fully saturated rings. The number of hydrogen-bond acceptors (Lipinski definition) is 8. The number of benzene rings is 1. The molecule has 0 aromatic heterocycles. The molecule has 5 rings (SSSR count). The van der Waals surface area contributed by atoms with Crippen molar-refractivity contribution >= 4 is 11.8 Å². The minimum absolute atomic E-state index is 0.0207. The maximum absolute atomic E-state index is 13.4. The summed E-state index contributed by atoms with van der Waals surface area (Å²) in [4.78, 5) is 40.7. The van der Waals surface area contributed by atoms with Crippen LogP contribution in [0.5, 0.6) is 0 Å². The van der Waals surface area contributed by atoms with E-state index >= 15 is 0 Å². The molecule has 38 heavy (non-hydrogen) atoms. The molecule has 4 aliphatic rings. The molecule has 9 nitrogen and oxygen atoms in total. The van der Waals surface area contributed by atoms with Crippen molar-refractivity contribution in [1.82, 2.24) is 0 Å². The van der Waals surface area contributed by atoms with Gasteiger partial charge < -0.3 is 19.8 Å². The molecule has 1 aromatic rings. The molecule has 0 radical (unpaired) electrons. The van der Waals surface area contributed by atoms with Gasteiger partial charge in [0.2, 0.25) is 5.78 Å². The van der Waals surface area contributed by atoms with Crippen LogP contribution < -0.4 is 0 Å². The predicted molar refractivity (Wildman–Crippen MR) is 136 cm³/mol. The Morgan fingerprint density at radius 2 is 1.89 bits per heavy atom. The number of ether oxygens (including phenoxy) is 1. The van der Waals surface area contributed by atoms with E-state index < -0.39 is 40.6 Å². The lowest BCUT2D eigenvalue weighted by molar-refractivity contribution is -0.763. The van der Waals surface area contributed by atoms with Crippen LogP contribution in [0.3, 0.4) is 0 Å². The van der Waals surface area contributed by atoms with Gasteiger partial charge in [-0.05, 0) is 92.2 Å². The van der Waals surface area contributed by atoms with Crippen molar-refractivity contribution in [2.75, 3.05) is 6.61 Å². The van der Waals surface area contributed by atoms with E-state index in [1.807, 2.05) is 6.92 Å². The summed E-state index contributed by atoms with van der Waals surface area (Å²) in [6, 6.07) is 5.91. The van der Waals surface area contributed by atoms with Crippen LogP contribution in [0.25, 0.3) is 0 Å². The molecule has 2 N–H and O–H groups in total. The lowest BCUT2D eigenvalue weighted by atomic mass is 9.45. The minimum atomic E-state index is -1.67. The highest BCUT2D eigenvalue weighted by Gasteiger charge is 2.68. The monoisotopic (exact) mass is 527 g/mol. The van der Waals surface area contributed by atoms with E-state index in [1.54, 1.807) is 0 Å². The zero-order valence-corrected chi connectivity index (χ0v) is 22.1. The molecule has 4 aliphatic carbocycles. The maximum Gasteiger partial charge on any atom is 0.338 e. The largest absolute Gasteiger partial charge is 0.454 e. The third kappa shape index (κ3) is 4.24. The summed E-state index contributed by atoms with van der Waals surface area (Å²) in [7, 11) is 0. The Morgan fingerprint density at radius 3 is 2.61 bits per heavy atom. The van der Waals surface area contributed by atoms with E-state index in [1.165, 1.54) is 29.8 Å². The van der Waals surface area contributed by atoms with E-state index in [-0.39, 0.29) is 35.3 Å². The molecule has 1 unspecified atom stereocenters. The number of aliphatic hydroxyl groups excluding tert-OH is 1. The molecule has 3 saturated carbocycles. The summed E-state index contributed by atoms with van der Waals surface area (Å²) in [5.74, 6) is -0.752. The summed E-state index contributed by atoms with van der Waals surface area (Å²) < 4.78 is 5.29. The fourth-order valence-corrected chi connectivity index (χ4v) is 8.54. The van der Waals surface area contributed by atoms with Crippen LogP contribution in [-0.4, -0.2) is 45.4 Å². The average molecular weight is 528 g/mol. The van der Waals surface area contributed by atoms with Gasteiger partial charge in [-0.15, -0.1) is 10.1 Å². The van der Waals surface area contributed by atoms with Crippen LogP contribution in [-0.2, 0) is 21.0 Å². The SMILES string of the molecule is C[C@]12CCCC=C1CCC1[C@@H]2[C@@H](O)C[C@@]2(C)[C@H]1CC[C@]2(O)C(=O)COC(=O)c1ccc(CO[N+](=O)[O-])cc1. The molecule has 0 heterocycles. The minimum Gasteiger partial charge on any atom is -0.454 e. The van der Waals surface area contributed by atoms with E-state index in [2.05, 4.69) is 17.8 Å². The first kappa shape index (κ1) is 26.8. The molecule has 206 valence electrons. The fourth-order valence-electron chi connectivity index (χ4n) is 8.54. The number of fused-ring (bicyclic) bond motifs is 5. The highest BCUT2D eigenvalue weighted by molar-refractivity contribution is 5.94. The average Bonchev–Trinajstić information content (AvgIpc) is 3.16. The van der Waals surface area contributed by atoms with E-state index in [4.69, 9.17) is 4.74 Å². The van der Waals surface area contributed by atoms with Crippen molar-refractivity contribution in [2.24, 2.45) is 28.6 Å². The highest BCUT2D eigenvalue weighted by Crippen LogP contribution is 2.67. The number of carbonyl (C=O) groups excluding carboxylic acids is 2. The third-order valence-corrected chi connectivity index (χ3v) is 10.4. The van der Waals surface area contributed by atoms with Gasteiger partial charge in [0.25, 0.3) is 5.09 Å². The number of carbonyl (C=O) groups is 2. The first-order chi connectivity index (χ1) is 18.0. The van der Waals surface area contributed by atoms with Crippen molar-refractivity contribution in [2.45, 2.75) is 83.5 Å². The highest BCUT2D eigenvalue weighted by atomic mass is 16.9. The van der Waals surface area contributed by atoms with Gasteiger partial charge in [-0.25, -0.2) is 4.79 Å². The van der Waals surface area contributed by atoms with Crippen molar-refractivity contribution in [1.29, 1.82) is 0 Å². The number of allylic oxidation sites excluding steroid dienone is 2. The summed E-state index contributed by atoms with van der Waals surface area (Å²) in [5.41, 5.74) is -0.308. The Bertz CT molecular complexity index is 1150. The predicted octanol–water partition coefficient (Wildman–Crippen LogP) is 4.18. The quantitative estimate of drug-likeness (QED) is 0.233. The number of ketones is 1. The van der Waals surface area contributed by atoms with Crippen molar-refractivity contribution in [3.63, 3.8) is 0 Å². The summed E-state index contributed by atoms with van der Waals surface area (Å²) >= 11 is 0. The number of nitrogens with zero attached hydrogens (tertiary/aromatic N) is 1. The van der Waals surface area contributed by atoms with Crippen LogP contribution in [0.2, 0.25) is 0 Å². The molecular formula is C29H37NO8. The fraction of sp³-hybridized carbons (Fsp3) is 0.655. The van der Waals surface area contributed by atoms with Crippen LogP contribution in [0.15, 0.2) is 35.9 Å². The lowest BCUT2D eigenvalue weighted by Crippen LogP contribution is -2.62. The van der Waals surface area contributed by atoms with Gasteiger partial charge in [0.15, 0.2) is 6.61 Å². The van der Waals surface area contributed by atoms with E-state index in [0.29, 0.717) is 24.8 Å². The molecule has 0 bridgehead atoms. The van der Waals surface area contributed by atoms with Crippen LogP contribution in [0.1, 0.15) is 81.1 Å². The van der Waals surface area contributed by atoms with Gasteiger partial charge in [0, 0.05) is 5.41 Å². The third-order valence-electron chi connectivity index (χ3n) is 10.4. The molecule has 0 aliphatic heterocycles. The lowest BCUT2D eigenvalue weighted by Gasteiger charge is -2.60. The number of Topliss-reactive ketones (excluding diaryl/α,β-unsaturated/α-hetero) is 1. The molecule has 0 saturated heterocycles. The summed E-state index contributed by atoms with van der Waals surface area (Å²) in [6.07, 6.45) is 8.41. The number of aliphatic hydroxyl groups is 2. The Kier molecular flexibility index (Phi) is 6.88.